The molecule has 1 saturated heterocycles. The molecule has 2 atom stereocenters. The van der Waals surface area contributed by atoms with Crippen LogP contribution in [0.3, 0.4) is 0 Å². The SMILES string of the molecule is CCC1c2nncn2-c2cnc(N[C@@H](C)c3ccc(N4CCNCC4)cc3)nc2N1C1CCCC1. The third kappa shape index (κ3) is 4.11. The van der Waals surface area contributed by atoms with Crippen molar-refractivity contribution >= 4 is 17.5 Å². The molecule has 2 aliphatic heterocycles. The van der Waals surface area contributed by atoms with E-state index in [1.807, 2.05) is 6.20 Å². The Morgan fingerprint density at radius 1 is 1.11 bits per heavy atom. The number of nitrogens with one attached hydrogen (secondary N) is 2. The summed E-state index contributed by atoms with van der Waals surface area (Å²) in [5, 5.41) is 15.7. The lowest BCUT2D eigenvalue weighted by Crippen LogP contribution is -2.43. The van der Waals surface area contributed by atoms with Gasteiger partial charge in [-0.25, -0.2) is 4.98 Å². The summed E-state index contributed by atoms with van der Waals surface area (Å²) in [5.41, 5.74) is 3.49. The maximum absolute atomic E-state index is 5.08. The molecular formula is C26H35N9. The molecule has 0 spiro atoms. The van der Waals surface area contributed by atoms with Crippen LogP contribution in [0.15, 0.2) is 36.8 Å². The highest BCUT2D eigenvalue weighted by molar-refractivity contribution is 5.63. The maximum Gasteiger partial charge on any atom is 0.225 e. The molecule has 2 aromatic heterocycles. The molecule has 0 radical (unpaired) electrons. The fraction of sp³-hybridized carbons (Fsp3) is 0.538. The first-order valence-electron chi connectivity index (χ1n) is 13.1. The van der Waals surface area contributed by atoms with Gasteiger partial charge >= 0.3 is 0 Å². The van der Waals surface area contributed by atoms with Crippen molar-refractivity contribution in [1.82, 2.24) is 30.0 Å². The van der Waals surface area contributed by atoms with E-state index in [1.165, 1.54) is 36.9 Å². The van der Waals surface area contributed by atoms with Crippen molar-refractivity contribution in [1.29, 1.82) is 0 Å². The Hall–Kier alpha value is -3.20. The average Bonchev–Trinajstić information content (AvgIpc) is 3.61. The highest BCUT2D eigenvalue weighted by Gasteiger charge is 2.38. The molecule has 9 heteroatoms. The molecule has 6 rings (SSSR count). The first-order valence-corrected chi connectivity index (χ1v) is 13.1. The van der Waals surface area contributed by atoms with Crippen LogP contribution in [0, 0.1) is 0 Å². The third-order valence-electron chi connectivity index (χ3n) is 7.79. The predicted octanol–water partition coefficient (Wildman–Crippen LogP) is 3.85. The van der Waals surface area contributed by atoms with Crippen LogP contribution in [0.4, 0.5) is 17.5 Å². The van der Waals surface area contributed by atoms with E-state index in [4.69, 9.17) is 9.97 Å². The topological polar surface area (TPSA) is 87.0 Å². The van der Waals surface area contributed by atoms with E-state index in [0.717, 1.165) is 49.9 Å². The second-order valence-electron chi connectivity index (χ2n) is 9.93. The number of fused-ring (bicyclic) bond motifs is 3. The van der Waals surface area contributed by atoms with Crippen LogP contribution >= 0.6 is 0 Å². The lowest BCUT2D eigenvalue weighted by atomic mass is 10.0. The van der Waals surface area contributed by atoms with Crippen LogP contribution in [-0.2, 0) is 0 Å². The summed E-state index contributed by atoms with van der Waals surface area (Å²) in [5.74, 6) is 2.65. The van der Waals surface area contributed by atoms with Gasteiger partial charge in [-0.3, -0.25) is 4.57 Å². The van der Waals surface area contributed by atoms with Gasteiger partial charge in [0.1, 0.15) is 12.0 Å². The molecule has 184 valence electrons. The van der Waals surface area contributed by atoms with Crippen molar-refractivity contribution in [2.75, 3.05) is 41.3 Å². The van der Waals surface area contributed by atoms with Gasteiger partial charge in [-0.15, -0.1) is 10.2 Å². The molecule has 0 amide bonds. The normalized spacial score (nSPS) is 21.0. The van der Waals surface area contributed by atoms with Gasteiger partial charge in [0.05, 0.1) is 18.3 Å². The van der Waals surface area contributed by atoms with E-state index < -0.39 is 0 Å². The van der Waals surface area contributed by atoms with E-state index in [1.54, 1.807) is 6.33 Å². The highest BCUT2D eigenvalue weighted by atomic mass is 15.4. The molecule has 1 unspecified atom stereocenters. The second-order valence-corrected chi connectivity index (χ2v) is 9.93. The molecule has 1 aliphatic carbocycles. The smallest absolute Gasteiger partial charge is 0.225 e. The molecule has 1 aromatic carbocycles. The minimum absolute atomic E-state index is 0.0982. The van der Waals surface area contributed by atoms with Crippen LogP contribution in [0.25, 0.3) is 5.69 Å². The number of hydrogen-bond donors (Lipinski definition) is 2. The molecule has 3 aromatic rings. The quantitative estimate of drug-likeness (QED) is 0.558. The van der Waals surface area contributed by atoms with Gasteiger partial charge in [0.15, 0.2) is 11.6 Å². The van der Waals surface area contributed by atoms with Gasteiger partial charge in [0.25, 0.3) is 0 Å². The minimum atomic E-state index is 0.0982. The number of piperazine rings is 1. The monoisotopic (exact) mass is 473 g/mol. The standard InChI is InChI=1S/C26H35N9/c1-3-22-25-32-29-17-34(25)23-16-28-26(31-24(23)35(22)21-6-4-5-7-21)30-18(2)19-8-10-20(11-9-19)33-14-12-27-13-15-33/h8-11,16-18,21-22,27H,3-7,12-15H2,1-2H3,(H,28,30,31)/t18-,22?/m0/s1. The summed E-state index contributed by atoms with van der Waals surface area (Å²) in [6, 6.07) is 9.67. The van der Waals surface area contributed by atoms with E-state index in [2.05, 4.69) is 73.3 Å². The van der Waals surface area contributed by atoms with Gasteiger partial charge in [0.2, 0.25) is 5.95 Å². The first-order chi connectivity index (χ1) is 17.2. The number of hydrogen-bond acceptors (Lipinski definition) is 8. The van der Waals surface area contributed by atoms with E-state index >= 15 is 0 Å². The zero-order valence-electron chi connectivity index (χ0n) is 20.7. The minimum Gasteiger partial charge on any atom is -0.369 e. The van der Waals surface area contributed by atoms with Crippen molar-refractivity contribution in [3.05, 3.63) is 48.2 Å². The van der Waals surface area contributed by atoms with Crippen LogP contribution in [0.2, 0.25) is 0 Å². The molecule has 9 nitrogen and oxygen atoms in total. The molecule has 3 aliphatic rings. The summed E-state index contributed by atoms with van der Waals surface area (Å²) in [7, 11) is 0. The van der Waals surface area contributed by atoms with Crippen LogP contribution in [0.1, 0.15) is 69.4 Å². The Kier molecular flexibility index (Phi) is 6.01. The summed E-state index contributed by atoms with van der Waals surface area (Å²) in [6.07, 6.45) is 9.64. The molecule has 1 saturated carbocycles. The van der Waals surface area contributed by atoms with E-state index in [-0.39, 0.29) is 12.1 Å². The Labute approximate surface area is 207 Å². The summed E-state index contributed by atoms with van der Waals surface area (Å²) in [6.45, 7) is 8.60. The Balaban J connectivity index is 1.26. The number of nitrogens with zero attached hydrogens (tertiary/aromatic N) is 7. The van der Waals surface area contributed by atoms with Gasteiger partial charge in [-0.1, -0.05) is 31.9 Å². The Morgan fingerprint density at radius 2 is 1.89 bits per heavy atom. The summed E-state index contributed by atoms with van der Waals surface area (Å²) < 4.78 is 2.07. The zero-order valence-corrected chi connectivity index (χ0v) is 20.7. The van der Waals surface area contributed by atoms with Crippen molar-refractivity contribution in [2.24, 2.45) is 0 Å². The largest absolute Gasteiger partial charge is 0.369 e. The van der Waals surface area contributed by atoms with Gasteiger partial charge in [-0.2, -0.15) is 4.98 Å². The van der Waals surface area contributed by atoms with Crippen molar-refractivity contribution < 1.29 is 0 Å². The molecule has 35 heavy (non-hydrogen) atoms. The Bertz CT molecular complexity index is 1150. The number of anilines is 3. The van der Waals surface area contributed by atoms with Crippen molar-refractivity contribution in [3.63, 3.8) is 0 Å². The molecule has 2 fully saturated rings. The van der Waals surface area contributed by atoms with Gasteiger partial charge < -0.3 is 20.4 Å². The molecule has 0 bridgehead atoms. The molecule has 4 heterocycles. The van der Waals surface area contributed by atoms with Crippen LogP contribution in [0.5, 0.6) is 0 Å². The third-order valence-corrected chi connectivity index (χ3v) is 7.79. The lowest BCUT2D eigenvalue weighted by Gasteiger charge is -2.40. The lowest BCUT2D eigenvalue weighted by molar-refractivity contribution is 0.469. The van der Waals surface area contributed by atoms with Crippen molar-refractivity contribution in [2.45, 2.75) is 64.1 Å². The molecule has 2 N–H and O–H groups in total. The number of benzene rings is 1. The van der Waals surface area contributed by atoms with E-state index in [0.29, 0.717) is 12.0 Å². The van der Waals surface area contributed by atoms with E-state index in [9.17, 15) is 0 Å². The summed E-state index contributed by atoms with van der Waals surface area (Å²) in [4.78, 5) is 14.7. The van der Waals surface area contributed by atoms with Gasteiger partial charge in [-0.05, 0) is 43.9 Å². The fourth-order valence-corrected chi connectivity index (χ4v) is 5.89. The maximum atomic E-state index is 5.08. The van der Waals surface area contributed by atoms with Crippen LogP contribution in [-0.4, -0.2) is 57.0 Å². The number of rotatable bonds is 6. The second kappa shape index (κ2) is 9.45. The number of aromatic nitrogens is 5. The molecular weight excluding hydrogens is 438 g/mol. The summed E-state index contributed by atoms with van der Waals surface area (Å²) >= 11 is 0. The first kappa shape index (κ1) is 22.3. The predicted molar refractivity (Wildman–Crippen MR) is 138 cm³/mol. The van der Waals surface area contributed by atoms with Crippen LogP contribution < -0.4 is 20.4 Å². The Morgan fingerprint density at radius 3 is 2.63 bits per heavy atom. The highest BCUT2D eigenvalue weighted by Crippen LogP contribution is 2.42. The van der Waals surface area contributed by atoms with Gasteiger partial charge in [0, 0.05) is 37.9 Å². The average molecular weight is 474 g/mol. The van der Waals surface area contributed by atoms with Crippen molar-refractivity contribution in [3.8, 4) is 5.69 Å². The fourth-order valence-electron chi connectivity index (χ4n) is 5.89. The zero-order chi connectivity index (χ0) is 23.8.